The number of aromatic amines is 1. The molecule has 27 heavy (non-hydrogen) atoms. The maximum absolute atomic E-state index is 13.2. The second-order valence-electron chi connectivity index (χ2n) is 6.93. The maximum atomic E-state index is 13.2. The van der Waals surface area contributed by atoms with Gasteiger partial charge in [-0.05, 0) is 24.2 Å². The van der Waals surface area contributed by atoms with Crippen molar-refractivity contribution in [1.82, 2.24) is 14.9 Å². The zero-order valence-corrected chi connectivity index (χ0v) is 15.2. The maximum Gasteiger partial charge on any atom is 0.258 e. The molecular formula is C19H22FN5O2. The lowest BCUT2D eigenvalue weighted by molar-refractivity contribution is -0.116. The Labute approximate surface area is 156 Å². The first-order chi connectivity index (χ1) is 13.0. The molecule has 142 valence electrons. The highest BCUT2D eigenvalue weighted by atomic mass is 19.1. The van der Waals surface area contributed by atoms with Gasteiger partial charge in [-0.25, -0.2) is 4.39 Å². The summed E-state index contributed by atoms with van der Waals surface area (Å²) in [6.45, 7) is 6.47. The topological polar surface area (TPSA) is 81.3 Å². The summed E-state index contributed by atoms with van der Waals surface area (Å²) in [7, 11) is 0. The molecule has 1 atom stereocenters. The number of hydrogen-bond acceptors (Lipinski definition) is 5. The number of aromatic nitrogens is 2. The molecule has 7 nitrogen and oxygen atoms in total. The van der Waals surface area contributed by atoms with E-state index in [1.54, 1.807) is 12.1 Å². The van der Waals surface area contributed by atoms with E-state index in [9.17, 15) is 14.0 Å². The Hall–Kier alpha value is -2.74. The molecule has 1 aromatic heterocycles. The Kier molecular flexibility index (Phi) is 4.65. The van der Waals surface area contributed by atoms with E-state index in [4.69, 9.17) is 0 Å². The molecule has 0 bridgehead atoms. The summed E-state index contributed by atoms with van der Waals surface area (Å²) < 4.78 is 13.2. The van der Waals surface area contributed by atoms with Crippen LogP contribution in [0.5, 0.6) is 0 Å². The van der Waals surface area contributed by atoms with Crippen LogP contribution in [0.15, 0.2) is 29.1 Å². The lowest BCUT2D eigenvalue weighted by Crippen LogP contribution is -2.47. The number of benzene rings is 1. The van der Waals surface area contributed by atoms with Gasteiger partial charge < -0.3 is 15.1 Å². The van der Waals surface area contributed by atoms with E-state index >= 15 is 0 Å². The molecule has 2 aliphatic rings. The lowest BCUT2D eigenvalue weighted by Gasteiger charge is -2.35. The van der Waals surface area contributed by atoms with Gasteiger partial charge in [0.25, 0.3) is 5.56 Å². The summed E-state index contributed by atoms with van der Waals surface area (Å²) in [4.78, 5) is 36.8. The van der Waals surface area contributed by atoms with E-state index in [1.165, 1.54) is 12.1 Å². The van der Waals surface area contributed by atoms with Gasteiger partial charge >= 0.3 is 0 Å². The molecule has 1 aromatic carbocycles. The molecule has 0 spiro atoms. The molecule has 2 aliphatic heterocycles. The average Bonchev–Trinajstić information content (AvgIpc) is 2.67. The van der Waals surface area contributed by atoms with Crippen molar-refractivity contribution < 1.29 is 9.18 Å². The van der Waals surface area contributed by atoms with Crippen molar-refractivity contribution >= 4 is 17.7 Å². The SMILES string of the molecule is CCN1CCN(c2nc3c(c(=O)[nH]2)[C@H](c2ccc(F)cc2)CC(=O)N3)CC1. The van der Waals surface area contributed by atoms with Crippen LogP contribution in [0.4, 0.5) is 16.2 Å². The molecule has 2 N–H and O–H groups in total. The summed E-state index contributed by atoms with van der Waals surface area (Å²) in [6.07, 6.45) is 0.137. The summed E-state index contributed by atoms with van der Waals surface area (Å²) in [5, 5.41) is 2.73. The van der Waals surface area contributed by atoms with Crippen LogP contribution in [-0.2, 0) is 4.79 Å². The number of nitrogens with zero attached hydrogens (tertiary/aromatic N) is 3. The standard InChI is InChI=1S/C19H22FN5O2/c1-2-24-7-9-25(10-8-24)19-22-17-16(18(27)23-19)14(11-15(26)21-17)12-3-5-13(20)6-4-12/h3-6,14H,2,7-11H2,1H3,(H2,21,22,23,26,27)/t14-/m0/s1. The zero-order chi connectivity index (χ0) is 19.0. The van der Waals surface area contributed by atoms with Crippen molar-refractivity contribution in [2.75, 3.05) is 42.9 Å². The summed E-state index contributed by atoms with van der Waals surface area (Å²) in [5.41, 5.74) is 0.892. The van der Waals surface area contributed by atoms with Crippen LogP contribution in [0.2, 0.25) is 0 Å². The molecule has 8 heteroatoms. The number of fused-ring (bicyclic) bond motifs is 1. The van der Waals surface area contributed by atoms with Crippen LogP contribution in [0.3, 0.4) is 0 Å². The van der Waals surface area contributed by atoms with Crippen LogP contribution in [0, 0.1) is 5.82 Å². The lowest BCUT2D eigenvalue weighted by atomic mass is 9.87. The minimum absolute atomic E-state index is 0.137. The molecule has 1 fully saturated rings. The predicted molar refractivity (Wildman–Crippen MR) is 101 cm³/mol. The van der Waals surface area contributed by atoms with Gasteiger partial charge in [0.15, 0.2) is 0 Å². The minimum atomic E-state index is -0.434. The molecule has 0 aliphatic carbocycles. The first kappa shape index (κ1) is 17.7. The average molecular weight is 371 g/mol. The van der Waals surface area contributed by atoms with Crippen LogP contribution >= 0.6 is 0 Å². The fourth-order valence-electron chi connectivity index (χ4n) is 3.76. The van der Waals surface area contributed by atoms with Gasteiger partial charge in [0, 0.05) is 38.5 Å². The molecule has 1 amide bonds. The number of carbonyl (C=O) groups is 1. The minimum Gasteiger partial charge on any atom is -0.340 e. The molecule has 2 aromatic rings. The van der Waals surface area contributed by atoms with Crippen molar-refractivity contribution in [2.24, 2.45) is 0 Å². The van der Waals surface area contributed by atoms with E-state index in [1.807, 2.05) is 4.90 Å². The largest absolute Gasteiger partial charge is 0.340 e. The van der Waals surface area contributed by atoms with Crippen LogP contribution < -0.4 is 15.8 Å². The molecule has 1 saturated heterocycles. The third-order valence-electron chi connectivity index (χ3n) is 5.33. The van der Waals surface area contributed by atoms with Gasteiger partial charge in [0.2, 0.25) is 11.9 Å². The van der Waals surface area contributed by atoms with E-state index < -0.39 is 5.92 Å². The summed E-state index contributed by atoms with van der Waals surface area (Å²) >= 11 is 0. The number of rotatable bonds is 3. The smallest absolute Gasteiger partial charge is 0.258 e. The van der Waals surface area contributed by atoms with Gasteiger partial charge in [-0.15, -0.1) is 0 Å². The number of piperazine rings is 1. The van der Waals surface area contributed by atoms with E-state index in [0.717, 1.165) is 38.3 Å². The monoisotopic (exact) mass is 371 g/mol. The summed E-state index contributed by atoms with van der Waals surface area (Å²) in [5.74, 6) is -0.201. The van der Waals surface area contributed by atoms with Gasteiger partial charge in [0.05, 0.1) is 5.56 Å². The first-order valence-electron chi connectivity index (χ1n) is 9.22. The fourth-order valence-corrected chi connectivity index (χ4v) is 3.76. The van der Waals surface area contributed by atoms with Crippen LogP contribution in [0.1, 0.15) is 30.4 Å². The Morgan fingerprint density at radius 2 is 1.85 bits per heavy atom. The number of anilines is 2. The van der Waals surface area contributed by atoms with Gasteiger partial charge in [0.1, 0.15) is 11.6 Å². The van der Waals surface area contributed by atoms with Crippen LogP contribution in [-0.4, -0.2) is 53.5 Å². The fraction of sp³-hybridized carbons (Fsp3) is 0.421. The molecular weight excluding hydrogens is 349 g/mol. The van der Waals surface area contributed by atoms with Crippen molar-refractivity contribution in [2.45, 2.75) is 19.3 Å². The molecule has 0 radical (unpaired) electrons. The van der Waals surface area contributed by atoms with E-state index in [0.29, 0.717) is 17.3 Å². The highest BCUT2D eigenvalue weighted by molar-refractivity contribution is 5.94. The summed E-state index contributed by atoms with van der Waals surface area (Å²) in [6, 6.07) is 5.90. The number of hydrogen-bond donors (Lipinski definition) is 2. The molecule has 0 unspecified atom stereocenters. The number of nitrogens with one attached hydrogen (secondary N) is 2. The van der Waals surface area contributed by atoms with Gasteiger partial charge in [-0.3, -0.25) is 14.6 Å². The van der Waals surface area contributed by atoms with Gasteiger partial charge in [-0.1, -0.05) is 19.1 Å². The Morgan fingerprint density at radius 3 is 2.52 bits per heavy atom. The highest BCUT2D eigenvalue weighted by Crippen LogP contribution is 2.34. The van der Waals surface area contributed by atoms with Crippen molar-refractivity contribution in [3.8, 4) is 0 Å². The van der Waals surface area contributed by atoms with Crippen molar-refractivity contribution in [3.05, 3.63) is 51.6 Å². The number of halogens is 1. The Morgan fingerprint density at radius 1 is 1.15 bits per heavy atom. The normalized spacial score (nSPS) is 20.3. The van der Waals surface area contributed by atoms with Crippen molar-refractivity contribution in [3.63, 3.8) is 0 Å². The molecule has 4 rings (SSSR count). The van der Waals surface area contributed by atoms with E-state index in [2.05, 4.69) is 27.1 Å². The van der Waals surface area contributed by atoms with Crippen LogP contribution in [0.25, 0.3) is 0 Å². The van der Waals surface area contributed by atoms with Crippen molar-refractivity contribution in [1.29, 1.82) is 0 Å². The highest BCUT2D eigenvalue weighted by Gasteiger charge is 2.31. The van der Waals surface area contributed by atoms with E-state index in [-0.39, 0.29) is 23.7 Å². The number of carbonyl (C=O) groups excluding carboxylic acids is 1. The zero-order valence-electron chi connectivity index (χ0n) is 15.2. The number of amides is 1. The molecule has 0 saturated carbocycles. The predicted octanol–water partition coefficient (Wildman–Crippen LogP) is 1.52. The quantitative estimate of drug-likeness (QED) is 0.855. The first-order valence-corrected chi connectivity index (χ1v) is 9.22. The Bertz CT molecular complexity index is 903. The number of likely N-dealkylation sites (N-methyl/N-ethyl adjacent to an activating group) is 1. The Balaban J connectivity index is 1.69. The third-order valence-corrected chi connectivity index (χ3v) is 5.33. The third kappa shape index (κ3) is 3.44. The van der Waals surface area contributed by atoms with Gasteiger partial charge in [-0.2, -0.15) is 4.98 Å². The second kappa shape index (κ2) is 7.11. The number of H-pyrrole nitrogens is 1. The second-order valence-corrected chi connectivity index (χ2v) is 6.93. The molecule has 3 heterocycles.